The third-order valence-corrected chi connectivity index (χ3v) is 3.81. The number of benzene rings is 2. The fourth-order valence-electron chi connectivity index (χ4n) is 2.64. The van der Waals surface area contributed by atoms with E-state index in [2.05, 4.69) is 11.1 Å². The van der Waals surface area contributed by atoms with E-state index in [4.69, 9.17) is 4.74 Å². The molecule has 0 saturated carbocycles. The summed E-state index contributed by atoms with van der Waals surface area (Å²) < 4.78 is 19.4. The molecule has 0 fully saturated rings. The topological polar surface area (TPSA) is 63.0 Å². The average Bonchev–Trinajstić information content (AvgIpc) is 2.68. The van der Waals surface area contributed by atoms with Crippen molar-refractivity contribution in [3.63, 3.8) is 0 Å². The number of esters is 1. The molecule has 0 aliphatic carbocycles. The molecule has 5 heteroatoms. The zero-order valence-electron chi connectivity index (χ0n) is 14.1. The van der Waals surface area contributed by atoms with E-state index < -0.39 is 11.8 Å². The van der Waals surface area contributed by atoms with Gasteiger partial charge in [-0.3, -0.25) is 0 Å². The van der Waals surface area contributed by atoms with Crippen LogP contribution in [0.25, 0.3) is 22.5 Å². The Bertz CT molecular complexity index is 995. The zero-order valence-corrected chi connectivity index (χ0v) is 14.1. The van der Waals surface area contributed by atoms with Crippen LogP contribution >= 0.6 is 0 Å². The van der Waals surface area contributed by atoms with Gasteiger partial charge in [0.25, 0.3) is 0 Å². The number of hydrogen-bond donors (Lipinski definition) is 0. The molecule has 1 heterocycles. The smallest absolute Gasteiger partial charge is 0.340 e. The van der Waals surface area contributed by atoms with Crippen molar-refractivity contribution in [1.29, 1.82) is 5.26 Å². The van der Waals surface area contributed by atoms with E-state index in [9.17, 15) is 14.4 Å². The highest BCUT2D eigenvalue weighted by atomic mass is 19.1. The lowest BCUT2D eigenvalue weighted by Crippen LogP contribution is -2.10. The van der Waals surface area contributed by atoms with Crippen LogP contribution in [0.5, 0.6) is 0 Å². The van der Waals surface area contributed by atoms with Gasteiger partial charge in [0.05, 0.1) is 29.1 Å². The molecule has 0 atom stereocenters. The van der Waals surface area contributed by atoms with E-state index in [1.54, 1.807) is 37.3 Å². The lowest BCUT2D eigenvalue weighted by atomic mass is 9.99. The number of aromatic nitrogens is 1. The first-order chi connectivity index (χ1) is 12.7. The fourth-order valence-corrected chi connectivity index (χ4v) is 2.64. The Kier molecular flexibility index (Phi) is 5.04. The molecule has 128 valence electrons. The second-order valence-electron chi connectivity index (χ2n) is 5.46. The van der Waals surface area contributed by atoms with Crippen LogP contribution in [0, 0.1) is 17.1 Å². The maximum Gasteiger partial charge on any atom is 0.340 e. The number of rotatable bonds is 4. The summed E-state index contributed by atoms with van der Waals surface area (Å²) in [7, 11) is 0. The van der Waals surface area contributed by atoms with Gasteiger partial charge in [0.15, 0.2) is 0 Å². The van der Waals surface area contributed by atoms with Gasteiger partial charge < -0.3 is 4.74 Å². The molecule has 26 heavy (non-hydrogen) atoms. The molecule has 3 aromatic rings. The predicted octanol–water partition coefficient (Wildman–Crippen LogP) is 4.60. The van der Waals surface area contributed by atoms with Crippen molar-refractivity contribution in [1.82, 2.24) is 4.98 Å². The Morgan fingerprint density at radius 1 is 1.12 bits per heavy atom. The number of hydrogen-bond acceptors (Lipinski definition) is 4. The molecular weight excluding hydrogens is 331 g/mol. The van der Waals surface area contributed by atoms with E-state index in [0.717, 1.165) is 0 Å². The van der Waals surface area contributed by atoms with Crippen LogP contribution in [0.1, 0.15) is 22.8 Å². The summed E-state index contributed by atoms with van der Waals surface area (Å²) >= 11 is 0. The average molecular weight is 346 g/mol. The Morgan fingerprint density at radius 2 is 1.81 bits per heavy atom. The number of ether oxygens (including phenoxy) is 1. The molecule has 0 spiro atoms. The second-order valence-corrected chi connectivity index (χ2v) is 5.46. The zero-order chi connectivity index (χ0) is 18.5. The van der Waals surface area contributed by atoms with Gasteiger partial charge in [0.2, 0.25) is 0 Å². The quantitative estimate of drug-likeness (QED) is 0.648. The largest absolute Gasteiger partial charge is 0.462 e. The van der Waals surface area contributed by atoms with E-state index in [-0.39, 0.29) is 29.0 Å². The maximum absolute atomic E-state index is 14.4. The van der Waals surface area contributed by atoms with E-state index >= 15 is 0 Å². The van der Waals surface area contributed by atoms with Gasteiger partial charge in [-0.05, 0) is 25.1 Å². The Morgan fingerprint density at radius 3 is 2.46 bits per heavy atom. The Labute approximate surface area is 150 Å². The molecule has 2 aromatic carbocycles. The van der Waals surface area contributed by atoms with E-state index in [0.29, 0.717) is 11.3 Å². The van der Waals surface area contributed by atoms with Gasteiger partial charge in [0, 0.05) is 11.1 Å². The van der Waals surface area contributed by atoms with Crippen molar-refractivity contribution < 1.29 is 13.9 Å². The highest BCUT2D eigenvalue weighted by Gasteiger charge is 2.22. The Balaban J connectivity index is 2.31. The maximum atomic E-state index is 14.4. The molecule has 0 radical (unpaired) electrons. The molecule has 1 aromatic heterocycles. The van der Waals surface area contributed by atoms with Crippen molar-refractivity contribution in [2.45, 2.75) is 6.92 Å². The third kappa shape index (κ3) is 3.31. The first kappa shape index (κ1) is 17.3. The van der Waals surface area contributed by atoms with Crippen LogP contribution in [0.3, 0.4) is 0 Å². The minimum Gasteiger partial charge on any atom is -0.462 e. The molecule has 0 unspecified atom stereocenters. The summed E-state index contributed by atoms with van der Waals surface area (Å²) in [6, 6.07) is 18.6. The van der Waals surface area contributed by atoms with Crippen molar-refractivity contribution >= 4 is 5.97 Å². The van der Waals surface area contributed by atoms with Crippen LogP contribution in [0.4, 0.5) is 4.39 Å². The fraction of sp³-hybridized carbons (Fsp3) is 0.0952. The van der Waals surface area contributed by atoms with Crippen molar-refractivity contribution in [2.75, 3.05) is 6.61 Å². The molecule has 0 aliphatic heterocycles. The summed E-state index contributed by atoms with van der Waals surface area (Å²) in [5.74, 6) is -1.15. The predicted molar refractivity (Wildman–Crippen MR) is 95.7 cm³/mol. The summed E-state index contributed by atoms with van der Waals surface area (Å²) in [4.78, 5) is 16.9. The minimum atomic E-state index is -0.644. The van der Waals surface area contributed by atoms with Gasteiger partial charge in [-0.15, -0.1) is 0 Å². The lowest BCUT2D eigenvalue weighted by molar-refractivity contribution is 0.0527. The van der Waals surface area contributed by atoms with Gasteiger partial charge in [-0.1, -0.05) is 42.5 Å². The highest BCUT2D eigenvalue weighted by Crippen LogP contribution is 2.31. The van der Waals surface area contributed by atoms with Crippen LogP contribution < -0.4 is 0 Å². The minimum absolute atomic E-state index is 0.0631. The van der Waals surface area contributed by atoms with Gasteiger partial charge in [0.1, 0.15) is 11.9 Å². The number of nitrogens with zero attached hydrogens (tertiary/aromatic N) is 2. The van der Waals surface area contributed by atoms with Crippen LogP contribution in [-0.4, -0.2) is 17.6 Å². The SMILES string of the molecule is CCOC(=O)c1cc(C#N)c(-c2ccccc2)nc1-c1ccccc1F. The molecule has 4 nitrogen and oxygen atoms in total. The van der Waals surface area contributed by atoms with E-state index in [1.807, 2.05) is 18.2 Å². The molecule has 0 saturated heterocycles. The lowest BCUT2D eigenvalue weighted by Gasteiger charge is -2.13. The summed E-state index contributed by atoms with van der Waals surface area (Å²) in [5, 5.41) is 9.52. The first-order valence-electron chi connectivity index (χ1n) is 8.08. The van der Waals surface area contributed by atoms with Crippen LogP contribution in [0.2, 0.25) is 0 Å². The van der Waals surface area contributed by atoms with Gasteiger partial charge in [-0.2, -0.15) is 5.26 Å². The number of pyridine rings is 1. The highest BCUT2D eigenvalue weighted by molar-refractivity contribution is 5.97. The monoisotopic (exact) mass is 346 g/mol. The molecule has 0 N–H and O–H groups in total. The van der Waals surface area contributed by atoms with E-state index in [1.165, 1.54) is 12.1 Å². The molecule has 0 aliphatic rings. The number of nitriles is 1. The standard InChI is InChI=1S/C21H15FN2O2/c1-2-26-21(25)17-12-15(13-23)19(14-8-4-3-5-9-14)24-20(17)16-10-6-7-11-18(16)22/h3-12H,2H2,1H3. The number of carbonyl (C=O) groups excluding carboxylic acids is 1. The number of carbonyl (C=O) groups is 1. The molecular formula is C21H15FN2O2. The first-order valence-corrected chi connectivity index (χ1v) is 8.08. The summed E-state index contributed by atoms with van der Waals surface area (Å²) in [5.41, 5.74) is 1.71. The molecule has 3 rings (SSSR count). The van der Waals surface area contributed by atoms with Crippen molar-refractivity contribution in [3.05, 3.63) is 77.6 Å². The molecule has 0 amide bonds. The Hall–Kier alpha value is -3.52. The second kappa shape index (κ2) is 7.58. The normalized spacial score (nSPS) is 10.2. The van der Waals surface area contributed by atoms with Crippen LogP contribution in [-0.2, 0) is 4.74 Å². The van der Waals surface area contributed by atoms with Crippen LogP contribution in [0.15, 0.2) is 60.7 Å². The third-order valence-electron chi connectivity index (χ3n) is 3.81. The van der Waals surface area contributed by atoms with Crippen molar-refractivity contribution in [2.24, 2.45) is 0 Å². The van der Waals surface area contributed by atoms with Gasteiger partial charge in [-0.25, -0.2) is 14.2 Å². The van der Waals surface area contributed by atoms with Gasteiger partial charge >= 0.3 is 5.97 Å². The summed E-state index contributed by atoms with van der Waals surface area (Å²) in [6.07, 6.45) is 0. The van der Waals surface area contributed by atoms with Crippen molar-refractivity contribution in [3.8, 4) is 28.6 Å². The number of halogens is 1. The summed E-state index contributed by atoms with van der Waals surface area (Å²) in [6.45, 7) is 1.84. The molecule has 0 bridgehead atoms.